The summed E-state index contributed by atoms with van der Waals surface area (Å²) in [5.74, 6) is 1.64. The van der Waals surface area contributed by atoms with Crippen molar-refractivity contribution in [2.45, 2.75) is 41.2 Å². The third-order valence-corrected chi connectivity index (χ3v) is 5.64. The molecule has 0 bridgehead atoms. The van der Waals surface area contributed by atoms with Crippen LogP contribution in [0.5, 0.6) is 5.75 Å². The summed E-state index contributed by atoms with van der Waals surface area (Å²) in [5.41, 5.74) is 11.8. The number of carbonyl (C=O) groups excluding carboxylic acids is 1. The van der Waals surface area contributed by atoms with E-state index >= 15 is 0 Å². The van der Waals surface area contributed by atoms with E-state index in [9.17, 15) is 4.79 Å². The van der Waals surface area contributed by atoms with Crippen LogP contribution in [-0.2, 0) is 13.7 Å². The summed E-state index contributed by atoms with van der Waals surface area (Å²) in [6.07, 6.45) is 0. The number of carbonyl (C=O) groups is 1. The molecule has 3 aromatic heterocycles. The van der Waals surface area contributed by atoms with Gasteiger partial charge in [0.25, 0.3) is 0 Å². The van der Waals surface area contributed by atoms with Crippen LogP contribution >= 0.6 is 0 Å². The van der Waals surface area contributed by atoms with E-state index in [-0.39, 0.29) is 12.4 Å². The van der Waals surface area contributed by atoms with E-state index in [0.29, 0.717) is 11.6 Å². The van der Waals surface area contributed by atoms with Crippen LogP contribution in [0.4, 0.5) is 5.82 Å². The summed E-state index contributed by atoms with van der Waals surface area (Å²) in [5, 5.41) is 5.42. The van der Waals surface area contributed by atoms with Gasteiger partial charge in [-0.1, -0.05) is 0 Å². The Morgan fingerprint density at radius 2 is 1.78 bits per heavy atom. The SMILES string of the molecule is Cc1cc(OCc2ccc(C(=O)NNc3cc(C)c4c(C)nn(C)c4n3)o2)cc(C)c1C. The summed E-state index contributed by atoms with van der Waals surface area (Å²) < 4.78 is 13.2. The van der Waals surface area contributed by atoms with Gasteiger partial charge in [0, 0.05) is 12.4 Å². The highest BCUT2D eigenvalue weighted by Gasteiger charge is 2.14. The van der Waals surface area contributed by atoms with Gasteiger partial charge in [-0.2, -0.15) is 5.10 Å². The van der Waals surface area contributed by atoms with Crippen molar-refractivity contribution in [1.29, 1.82) is 0 Å². The first-order valence-electron chi connectivity index (χ1n) is 10.4. The Kier molecular flexibility index (Phi) is 5.61. The number of anilines is 1. The lowest BCUT2D eigenvalue weighted by atomic mass is 10.0. The van der Waals surface area contributed by atoms with Gasteiger partial charge < -0.3 is 9.15 Å². The number of hydrogen-bond donors (Lipinski definition) is 2. The molecule has 0 unspecified atom stereocenters. The zero-order chi connectivity index (χ0) is 23.0. The van der Waals surface area contributed by atoms with Gasteiger partial charge in [-0.3, -0.25) is 20.3 Å². The average Bonchev–Trinajstić information content (AvgIpc) is 3.33. The average molecular weight is 434 g/mol. The number of amides is 1. The van der Waals surface area contributed by atoms with Crippen molar-refractivity contribution in [3.05, 3.63) is 69.8 Å². The number of aromatic nitrogens is 3. The van der Waals surface area contributed by atoms with E-state index in [1.807, 2.05) is 39.1 Å². The van der Waals surface area contributed by atoms with Gasteiger partial charge >= 0.3 is 5.91 Å². The zero-order valence-corrected chi connectivity index (χ0v) is 19.2. The highest BCUT2D eigenvalue weighted by Crippen LogP contribution is 2.23. The van der Waals surface area contributed by atoms with Gasteiger partial charge in [0.2, 0.25) is 0 Å². The standard InChI is InChI=1S/C24H27N5O3/c1-13-9-19(10-14(2)16(13)4)31-12-18-7-8-20(32-18)24(30)27-26-21-11-15(3)22-17(5)28-29(6)23(22)25-21/h7-11H,12H2,1-6H3,(H,25,26)(H,27,30). The Labute approximate surface area is 186 Å². The van der Waals surface area contributed by atoms with Crippen LogP contribution < -0.4 is 15.6 Å². The van der Waals surface area contributed by atoms with Crippen molar-refractivity contribution < 1.29 is 13.9 Å². The Balaban J connectivity index is 1.39. The van der Waals surface area contributed by atoms with Gasteiger partial charge in [-0.25, -0.2) is 4.98 Å². The first-order chi connectivity index (χ1) is 15.2. The number of pyridine rings is 1. The molecule has 0 saturated heterocycles. The molecule has 32 heavy (non-hydrogen) atoms. The van der Waals surface area contributed by atoms with Crippen LogP contribution in [0, 0.1) is 34.6 Å². The van der Waals surface area contributed by atoms with Gasteiger partial charge in [-0.15, -0.1) is 0 Å². The minimum atomic E-state index is -0.404. The predicted octanol–water partition coefficient (Wildman–Crippen LogP) is 4.44. The van der Waals surface area contributed by atoms with E-state index in [0.717, 1.165) is 28.0 Å². The Hall–Kier alpha value is -3.81. The number of nitrogens with zero attached hydrogens (tertiary/aromatic N) is 3. The molecule has 0 aliphatic carbocycles. The van der Waals surface area contributed by atoms with E-state index in [1.54, 1.807) is 16.8 Å². The first-order valence-corrected chi connectivity index (χ1v) is 10.4. The molecule has 1 aromatic carbocycles. The van der Waals surface area contributed by atoms with E-state index in [2.05, 4.69) is 41.7 Å². The molecule has 4 aromatic rings. The van der Waals surface area contributed by atoms with Crippen LogP contribution in [-0.4, -0.2) is 20.7 Å². The van der Waals surface area contributed by atoms with Crippen molar-refractivity contribution in [2.75, 3.05) is 5.43 Å². The molecular weight excluding hydrogens is 406 g/mol. The Morgan fingerprint density at radius 1 is 1.06 bits per heavy atom. The highest BCUT2D eigenvalue weighted by molar-refractivity contribution is 5.92. The normalized spacial score (nSPS) is 11.1. The van der Waals surface area contributed by atoms with Crippen LogP contribution in [0.3, 0.4) is 0 Å². The molecule has 0 saturated carbocycles. The predicted molar refractivity (Wildman–Crippen MR) is 123 cm³/mol. The van der Waals surface area contributed by atoms with Gasteiger partial charge in [0.1, 0.15) is 23.9 Å². The number of ether oxygens (including phenoxy) is 1. The maximum atomic E-state index is 12.5. The van der Waals surface area contributed by atoms with Crippen LogP contribution in [0.1, 0.15) is 44.3 Å². The quantitative estimate of drug-likeness (QED) is 0.437. The number of benzene rings is 1. The second kappa shape index (κ2) is 8.37. The summed E-state index contributed by atoms with van der Waals surface area (Å²) in [6, 6.07) is 9.21. The number of rotatable bonds is 6. The highest BCUT2D eigenvalue weighted by atomic mass is 16.5. The molecule has 0 atom stereocenters. The lowest BCUT2D eigenvalue weighted by molar-refractivity contribution is 0.0931. The fraction of sp³-hybridized carbons (Fsp3) is 0.292. The fourth-order valence-corrected chi connectivity index (χ4v) is 3.72. The summed E-state index contributed by atoms with van der Waals surface area (Å²) in [4.78, 5) is 17.0. The second-order valence-corrected chi connectivity index (χ2v) is 8.05. The largest absolute Gasteiger partial charge is 0.486 e. The topological polar surface area (TPSA) is 94.2 Å². The number of fused-ring (bicyclic) bond motifs is 1. The molecule has 0 radical (unpaired) electrons. The molecular formula is C24H27N5O3. The van der Waals surface area contributed by atoms with Crippen molar-refractivity contribution in [1.82, 2.24) is 20.2 Å². The second-order valence-electron chi connectivity index (χ2n) is 8.05. The Morgan fingerprint density at radius 3 is 2.50 bits per heavy atom. The molecule has 0 aliphatic heterocycles. The van der Waals surface area contributed by atoms with Gasteiger partial charge in [0.15, 0.2) is 11.4 Å². The van der Waals surface area contributed by atoms with Crippen molar-refractivity contribution in [2.24, 2.45) is 7.05 Å². The van der Waals surface area contributed by atoms with Crippen molar-refractivity contribution in [3.63, 3.8) is 0 Å². The smallest absolute Gasteiger partial charge is 0.305 e. The molecule has 1 amide bonds. The molecule has 166 valence electrons. The lowest BCUT2D eigenvalue weighted by Crippen LogP contribution is -2.29. The summed E-state index contributed by atoms with van der Waals surface area (Å²) in [6.45, 7) is 10.4. The molecule has 3 heterocycles. The zero-order valence-electron chi connectivity index (χ0n) is 19.2. The summed E-state index contributed by atoms with van der Waals surface area (Å²) in [7, 11) is 1.84. The van der Waals surface area contributed by atoms with Crippen LogP contribution in [0.15, 0.2) is 34.7 Å². The molecule has 0 aliphatic rings. The maximum absolute atomic E-state index is 12.5. The number of hydrazine groups is 1. The van der Waals surface area contributed by atoms with Crippen molar-refractivity contribution in [3.8, 4) is 5.75 Å². The third-order valence-electron chi connectivity index (χ3n) is 5.64. The molecule has 0 fully saturated rings. The molecule has 8 heteroatoms. The van der Waals surface area contributed by atoms with E-state index in [4.69, 9.17) is 9.15 Å². The molecule has 4 rings (SSSR count). The number of nitrogens with one attached hydrogen (secondary N) is 2. The number of aryl methyl sites for hydroxylation is 5. The van der Waals surface area contributed by atoms with Gasteiger partial charge in [-0.05, 0) is 87.2 Å². The summed E-state index contributed by atoms with van der Waals surface area (Å²) >= 11 is 0. The van der Waals surface area contributed by atoms with Crippen LogP contribution in [0.25, 0.3) is 11.0 Å². The minimum Gasteiger partial charge on any atom is -0.486 e. The maximum Gasteiger partial charge on any atom is 0.305 e. The monoisotopic (exact) mass is 433 g/mol. The molecule has 0 spiro atoms. The lowest BCUT2D eigenvalue weighted by Gasteiger charge is -2.10. The third kappa shape index (κ3) is 4.16. The van der Waals surface area contributed by atoms with Crippen molar-refractivity contribution >= 4 is 22.8 Å². The van der Waals surface area contributed by atoms with Crippen LogP contribution in [0.2, 0.25) is 0 Å². The fourth-order valence-electron chi connectivity index (χ4n) is 3.72. The van der Waals surface area contributed by atoms with E-state index < -0.39 is 5.91 Å². The number of furan rings is 1. The molecule has 8 nitrogen and oxygen atoms in total. The molecule has 2 N–H and O–H groups in total. The first kappa shape index (κ1) is 21.4. The van der Waals surface area contributed by atoms with Gasteiger partial charge in [0.05, 0.1) is 5.69 Å². The van der Waals surface area contributed by atoms with E-state index in [1.165, 1.54) is 16.7 Å². The Bertz CT molecular complexity index is 1300. The number of hydrogen-bond acceptors (Lipinski definition) is 6. The minimum absolute atomic E-state index is 0.182.